The maximum Gasteiger partial charge on any atom is 0.274 e. The minimum absolute atomic E-state index is 0.393. The van der Waals surface area contributed by atoms with Crippen LogP contribution in [0, 0.1) is 0 Å². The highest BCUT2D eigenvalue weighted by Gasteiger charge is 2.31. The van der Waals surface area contributed by atoms with E-state index >= 15 is 0 Å². The Hall–Kier alpha value is -6.84. The first kappa shape index (κ1) is 28.4. The number of methoxy groups -OCH3 is 4. The van der Waals surface area contributed by atoms with E-state index < -0.39 is 0 Å². The first-order valence-corrected chi connectivity index (χ1v) is 15.0. The molecule has 9 rings (SSSR count). The van der Waals surface area contributed by atoms with Crippen molar-refractivity contribution in [2.24, 2.45) is 7.05 Å². The lowest BCUT2D eigenvalue weighted by molar-refractivity contribution is -0.650. The molecule has 0 saturated heterocycles. The molecule has 0 saturated carbocycles. The van der Waals surface area contributed by atoms with Crippen molar-refractivity contribution in [3.8, 4) is 69.1 Å². The molecule has 0 fully saturated rings. The zero-order chi connectivity index (χ0) is 33.4. The Kier molecular flexibility index (Phi) is 6.14. The highest BCUT2D eigenvalue weighted by molar-refractivity contribution is 6.06. The van der Waals surface area contributed by atoms with Crippen molar-refractivity contribution in [1.82, 2.24) is 54.8 Å². The highest BCUT2D eigenvalue weighted by atomic mass is 16.5. The molecule has 0 aromatic carbocycles. The monoisotopic (exact) mass is 653 g/mol. The zero-order valence-corrected chi connectivity index (χ0v) is 26.7. The summed E-state index contributed by atoms with van der Waals surface area (Å²) in [6, 6.07) is 7.24. The molecule has 0 atom stereocenters. The molecule has 16 nitrogen and oxygen atoms in total. The number of fused-ring (bicyclic) bond motifs is 20. The van der Waals surface area contributed by atoms with Gasteiger partial charge in [0.1, 0.15) is 11.3 Å². The molecule has 0 aliphatic carbocycles. The summed E-state index contributed by atoms with van der Waals surface area (Å²) in [5.74, 6) is 3.67. The molecule has 16 heteroatoms. The van der Waals surface area contributed by atoms with Gasteiger partial charge in [-0.3, -0.25) is 0 Å². The molecule has 0 spiro atoms. The van der Waals surface area contributed by atoms with Crippen LogP contribution in [0.1, 0.15) is 0 Å². The molecular formula is C33H25N12O4+. The van der Waals surface area contributed by atoms with Crippen molar-refractivity contribution in [2.75, 3.05) is 28.4 Å². The fraction of sp³-hybridized carbons (Fsp3) is 0.152. The predicted molar refractivity (Wildman–Crippen MR) is 177 cm³/mol. The van der Waals surface area contributed by atoms with Crippen molar-refractivity contribution < 1.29 is 23.5 Å². The number of rotatable bonds is 4. The van der Waals surface area contributed by atoms with E-state index in [-0.39, 0.29) is 0 Å². The summed E-state index contributed by atoms with van der Waals surface area (Å²) in [6.07, 6.45) is 6.79. The number of ether oxygens (including phenoxy) is 4. The number of H-pyrrole nitrogens is 2. The second kappa shape index (κ2) is 10.6. The van der Waals surface area contributed by atoms with Gasteiger partial charge in [-0.2, -0.15) is 0 Å². The van der Waals surface area contributed by atoms with Gasteiger partial charge in [0.15, 0.2) is 11.6 Å². The van der Waals surface area contributed by atoms with Crippen molar-refractivity contribution >= 4 is 44.1 Å². The summed E-state index contributed by atoms with van der Waals surface area (Å²) in [5, 5.41) is 2.90. The minimum atomic E-state index is 0.393. The Morgan fingerprint density at radius 1 is 0.449 bits per heavy atom. The van der Waals surface area contributed by atoms with Gasteiger partial charge in [-0.25, -0.2) is 39.5 Å². The van der Waals surface area contributed by atoms with Crippen LogP contribution in [0.5, 0.6) is 23.5 Å². The van der Waals surface area contributed by atoms with E-state index in [1.54, 1.807) is 65.4 Å². The average molecular weight is 654 g/mol. The summed E-state index contributed by atoms with van der Waals surface area (Å²) < 4.78 is 23.8. The van der Waals surface area contributed by atoms with E-state index in [2.05, 4.69) is 29.9 Å². The van der Waals surface area contributed by atoms with Crippen molar-refractivity contribution in [3.05, 3.63) is 49.1 Å². The van der Waals surface area contributed by atoms with Crippen LogP contribution in [-0.2, 0) is 7.05 Å². The topological polar surface area (TPSA) is 188 Å². The van der Waals surface area contributed by atoms with E-state index in [0.29, 0.717) is 85.9 Å². The van der Waals surface area contributed by atoms with Gasteiger partial charge in [0, 0.05) is 71.0 Å². The number of aromatic amines is 2. The standard InChI is InChI=1S/C33H24N12O4/c1-45-32-17-9-25(49-5)37-13-21(17)33(45)43-28-16-8-24(48-4)35-11-19(16)30(42-28)39-26-14-6-22(46-2)34-10-18(14)29(38-26)40-27-15-7-23(47-3)36-12-20(15)31(41-27)44-32/h6-13H,1-5H3,(H,34,35,36,37,38,39,40,41,42,43,44)/p+1. The Morgan fingerprint density at radius 3 is 1.47 bits per heavy atom. The SMILES string of the molecule is COc1cc2c(cn1)-c1nc-2nc2[nH]c(nc3[n+](C)c(nc4[nH]c(n1)c1cc(OC)ncc41)-c1cc(OC)ncc1-3)c1cc(OC)ncc21. The molecule has 7 aromatic rings. The van der Waals surface area contributed by atoms with Gasteiger partial charge in [-0.05, 0) is 0 Å². The minimum Gasteiger partial charge on any atom is -0.481 e. The van der Waals surface area contributed by atoms with Crippen LogP contribution in [0.2, 0.25) is 0 Å². The molecule has 8 bridgehead atoms. The summed E-state index contributed by atoms with van der Waals surface area (Å²) in [5.41, 5.74) is 4.91. The Balaban J connectivity index is 1.50. The fourth-order valence-corrected chi connectivity index (χ4v) is 6.08. The molecule has 7 aromatic heterocycles. The first-order valence-electron chi connectivity index (χ1n) is 15.0. The van der Waals surface area contributed by atoms with Crippen LogP contribution >= 0.6 is 0 Å². The molecule has 2 aliphatic rings. The van der Waals surface area contributed by atoms with Crippen LogP contribution in [0.4, 0.5) is 0 Å². The quantitative estimate of drug-likeness (QED) is 0.260. The molecule has 240 valence electrons. The van der Waals surface area contributed by atoms with E-state index in [9.17, 15) is 0 Å². The number of aromatic nitrogens is 12. The van der Waals surface area contributed by atoms with Crippen LogP contribution in [0.25, 0.3) is 89.7 Å². The third kappa shape index (κ3) is 4.30. The summed E-state index contributed by atoms with van der Waals surface area (Å²) in [4.78, 5) is 49.9. The van der Waals surface area contributed by atoms with Gasteiger partial charge in [0.2, 0.25) is 34.8 Å². The summed E-state index contributed by atoms with van der Waals surface area (Å²) in [7, 11) is 8.15. The molecule has 9 heterocycles. The first-order chi connectivity index (χ1) is 24.0. The lowest BCUT2D eigenvalue weighted by Crippen LogP contribution is -2.30. The largest absolute Gasteiger partial charge is 0.481 e. The third-order valence-corrected chi connectivity index (χ3v) is 8.53. The van der Waals surface area contributed by atoms with E-state index in [1.807, 2.05) is 23.7 Å². The number of nitrogens with zero attached hydrogens (tertiary/aromatic N) is 10. The second-order valence-electron chi connectivity index (χ2n) is 11.1. The smallest absolute Gasteiger partial charge is 0.274 e. The van der Waals surface area contributed by atoms with Gasteiger partial charge in [0.25, 0.3) is 11.6 Å². The van der Waals surface area contributed by atoms with Crippen molar-refractivity contribution in [3.63, 3.8) is 0 Å². The molecule has 2 N–H and O–H groups in total. The normalized spacial score (nSPS) is 11.8. The van der Waals surface area contributed by atoms with Gasteiger partial charge >= 0.3 is 0 Å². The molecule has 2 aliphatic heterocycles. The third-order valence-electron chi connectivity index (χ3n) is 8.53. The molecule has 0 radical (unpaired) electrons. The highest BCUT2D eigenvalue weighted by Crippen LogP contribution is 2.38. The Bertz CT molecular complexity index is 2710. The van der Waals surface area contributed by atoms with Crippen LogP contribution in [0.15, 0.2) is 49.1 Å². The molecule has 49 heavy (non-hydrogen) atoms. The van der Waals surface area contributed by atoms with Crippen LogP contribution < -0.4 is 23.5 Å². The maximum absolute atomic E-state index is 5.50. The van der Waals surface area contributed by atoms with Gasteiger partial charge in [-0.15, -0.1) is 0 Å². The average Bonchev–Trinajstić information content (AvgIpc) is 3.84. The van der Waals surface area contributed by atoms with Crippen molar-refractivity contribution in [2.45, 2.75) is 0 Å². The lowest BCUT2D eigenvalue weighted by atomic mass is 10.1. The van der Waals surface area contributed by atoms with E-state index in [4.69, 9.17) is 43.9 Å². The zero-order valence-electron chi connectivity index (χ0n) is 26.7. The van der Waals surface area contributed by atoms with Gasteiger partial charge < -0.3 is 28.9 Å². The Morgan fingerprint density at radius 2 is 0.878 bits per heavy atom. The predicted octanol–water partition coefficient (Wildman–Crippen LogP) is 3.91. The lowest BCUT2D eigenvalue weighted by Gasteiger charge is -2.01. The van der Waals surface area contributed by atoms with Gasteiger partial charge in [-0.1, -0.05) is 9.97 Å². The van der Waals surface area contributed by atoms with Gasteiger partial charge in [0.05, 0.1) is 57.4 Å². The second-order valence-corrected chi connectivity index (χ2v) is 11.1. The maximum atomic E-state index is 5.50. The molecular weight excluding hydrogens is 628 g/mol. The Labute approximate surface area is 275 Å². The summed E-state index contributed by atoms with van der Waals surface area (Å²) >= 11 is 0. The number of nitrogens with one attached hydrogen (secondary N) is 2. The summed E-state index contributed by atoms with van der Waals surface area (Å²) in [6.45, 7) is 0. The van der Waals surface area contributed by atoms with Crippen molar-refractivity contribution in [1.29, 1.82) is 0 Å². The van der Waals surface area contributed by atoms with E-state index in [0.717, 1.165) is 27.3 Å². The number of hydrogen-bond acceptors (Lipinski definition) is 13. The van der Waals surface area contributed by atoms with Crippen LogP contribution in [-0.4, -0.2) is 83.3 Å². The number of pyridine rings is 4. The molecule has 0 unspecified atom stereocenters. The van der Waals surface area contributed by atoms with Crippen LogP contribution in [0.3, 0.4) is 0 Å². The number of hydrogen-bond donors (Lipinski definition) is 2. The molecule has 0 amide bonds. The fourth-order valence-electron chi connectivity index (χ4n) is 6.08. The van der Waals surface area contributed by atoms with E-state index in [1.165, 1.54) is 0 Å².